The molecular formula is C15H30N2. The number of hydrogen-bond acceptors (Lipinski definition) is 2. The Morgan fingerprint density at radius 3 is 2.65 bits per heavy atom. The van der Waals surface area contributed by atoms with Crippen LogP contribution in [0.4, 0.5) is 0 Å². The lowest BCUT2D eigenvalue weighted by atomic mass is 9.83. The average Bonchev–Trinajstić information content (AvgIpc) is 2.67. The zero-order chi connectivity index (χ0) is 12.1. The predicted octanol–water partition coefficient (Wildman–Crippen LogP) is 3.03. The van der Waals surface area contributed by atoms with Crippen LogP contribution in [-0.4, -0.2) is 37.1 Å². The molecule has 0 aromatic heterocycles. The van der Waals surface area contributed by atoms with E-state index < -0.39 is 0 Å². The first-order valence-corrected chi connectivity index (χ1v) is 7.74. The van der Waals surface area contributed by atoms with Crippen molar-refractivity contribution in [2.45, 2.75) is 70.4 Å². The summed E-state index contributed by atoms with van der Waals surface area (Å²) in [5.41, 5.74) is 0. The van der Waals surface area contributed by atoms with Crippen LogP contribution in [0, 0.1) is 5.92 Å². The van der Waals surface area contributed by atoms with Gasteiger partial charge in [0.25, 0.3) is 0 Å². The Balaban J connectivity index is 1.86. The molecule has 2 fully saturated rings. The van der Waals surface area contributed by atoms with Gasteiger partial charge in [-0.2, -0.15) is 0 Å². The van der Waals surface area contributed by atoms with Gasteiger partial charge in [-0.25, -0.2) is 0 Å². The summed E-state index contributed by atoms with van der Waals surface area (Å²) in [5, 5.41) is 3.53. The minimum absolute atomic E-state index is 0.839. The second-order valence-electron chi connectivity index (χ2n) is 6.09. The summed E-state index contributed by atoms with van der Waals surface area (Å²) >= 11 is 0. The Bertz CT molecular complexity index is 209. The third-order valence-corrected chi connectivity index (χ3v) is 5.03. The molecule has 3 atom stereocenters. The zero-order valence-corrected chi connectivity index (χ0v) is 11.8. The fraction of sp³-hybridized carbons (Fsp3) is 1.00. The van der Waals surface area contributed by atoms with E-state index in [0.717, 1.165) is 18.0 Å². The molecule has 0 bridgehead atoms. The van der Waals surface area contributed by atoms with Crippen LogP contribution in [-0.2, 0) is 0 Å². The van der Waals surface area contributed by atoms with Gasteiger partial charge in [0.15, 0.2) is 0 Å². The van der Waals surface area contributed by atoms with Crippen molar-refractivity contribution in [1.29, 1.82) is 0 Å². The van der Waals surface area contributed by atoms with Crippen LogP contribution in [0.3, 0.4) is 0 Å². The first kappa shape index (κ1) is 13.4. The predicted molar refractivity (Wildman–Crippen MR) is 74.3 cm³/mol. The Labute approximate surface area is 107 Å². The van der Waals surface area contributed by atoms with Gasteiger partial charge in [0.2, 0.25) is 0 Å². The Kier molecular flexibility index (Phi) is 5.30. The SMILES string of the molecule is CCC1CCCC(N(C)C2CCCNCC2)C1. The second-order valence-corrected chi connectivity index (χ2v) is 6.09. The van der Waals surface area contributed by atoms with Crippen molar-refractivity contribution in [3.63, 3.8) is 0 Å². The maximum atomic E-state index is 3.53. The summed E-state index contributed by atoms with van der Waals surface area (Å²) in [5.74, 6) is 1.00. The lowest BCUT2D eigenvalue weighted by molar-refractivity contribution is 0.105. The summed E-state index contributed by atoms with van der Waals surface area (Å²) in [6.45, 7) is 4.81. The van der Waals surface area contributed by atoms with Gasteiger partial charge in [0, 0.05) is 12.1 Å². The van der Waals surface area contributed by atoms with Crippen LogP contribution in [0.25, 0.3) is 0 Å². The molecule has 1 saturated heterocycles. The highest BCUT2D eigenvalue weighted by atomic mass is 15.2. The summed E-state index contributed by atoms with van der Waals surface area (Å²) in [6, 6.07) is 1.71. The van der Waals surface area contributed by atoms with Crippen LogP contribution in [0.1, 0.15) is 58.3 Å². The maximum absolute atomic E-state index is 3.53. The van der Waals surface area contributed by atoms with E-state index in [2.05, 4.69) is 24.2 Å². The van der Waals surface area contributed by atoms with E-state index in [1.165, 1.54) is 64.5 Å². The lowest BCUT2D eigenvalue weighted by Gasteiger charge is -2.39. The molecule has 100 valence electrons. The molecule has 1 heterocycles. The Morgan fingerprint density at radius 1 is 1.00 bits per heavy atom. The average molecular weight is 238 g/mol. The first-order chi connectivity index (χ1) is 8.31. The van der Waals surface area contributed by atoms with E-state index in [0.29, 0.717) is 0 Å². The van der Waals surface area contributed by atoms with Gasteiger partial charge < -0.3 is 10.2 Å². The van der Waals surface area contributed by atoms with Crippen LogP contribution < -0.4 is 5.32 Å². The second kappa shape index (κ2) is 6.75. The van der Waals surface area contributed by atoms with Crippen molar-refractivity contribution < 1.29 is 0 Å². The van der Waals surface area contributed by atoms with Gasteiger partial charge >= 0.3 is 0 Å². The van der Waals surface area contributed by atoms with Crippen LogP contribution in [0.2, 0.25) is 0 Å². The molecule has 1 saturated carbocycles. The van der Waals surface area contributed by atoms with Crippen molar-refractivity contribution in [3.05, 3.63) is 0 Å². The van der Waals surface area contributed by atoms with Gasteiger partial charge in [-0.15, -0.1) is 0 Å². The summed E-state index contributed by atoms with van der Waals surface area (Å²) in [7, 11) is 2.39. The summed E-state index contributed by atoms with van der Waals surface area (Å²) in [6.07, 6.45) is 11.3. The van der Waals surface area contributed by atoms with E-state index in [4.69, 9.17) is 0 Å². The molecule has 3 unspecified atom stereocenters. The zero-order valence-electron chi connectivity index (χ0n) is 11.8. The van der Waals surface area contributed by atoms with Crippen molar-refractivity contribution in [2.75, 3.05) is 20.1 Å². The monoisotopic (exact) mass is 238 g/mol. The number of hydrogen-bond donors (Lipinski definition) is 1. The summed E-state index contributed by atoms with van der Waals surface area (Å²) < 4.78 is 0. The highest BCUT2D eigenvalue weighted by Crippen LogP contribution is 2.31. The fourth-order valence-electron chi connectivity index (χ4n) is 3.71. The van der Waals surface area contributed by atoms with E-state index in [1.54, 1.807) is 0 Å². The van der Waals surface area contributed by atoms with E-state index >= 15 is 0 Å². The normalized spacial score (nSPS) is 35.8. The highest BCUT2D eigenvalue weighted by Gasteiger charge is 2.28. The molecule has 0 spiro atoms. The Morgan fingerprint density at radius 2 is 1.82 bits per heavy atom. The molecule has 2 aliphatic rings. The van der Waals surface area contributed by atoms with Crippen molar-refractivity contribution in [1.82, 2.24) is 10.2 Å². The minimum atomic E-state index is 0.839. The van der Waals surface area contributed by atoms with Gasteiger partial charge in [-0.1, -0.05) is 26.2 Å². The van der Waals surface area contributed by atoms with Crippen LogP contribution in [0.5, 0.6) is 0 Å². The van der Waals surface area contributed by atoms with Crippen LogP contribution in [0.15, 0.2) is 0 Å². The third-order valence-electron chi connectivity index (χ3n) is 5.03. The molecule has 0 aromatic rings. The topological polar surface area (TPSA) is 15.3 Å². The summed E-state index contributed by atoms with van der Waals surface area (Å²) in [4.78, 5) is 2.73. The third kappa shape index (κ3) is 3.69. The smallest absolute Gasteiger partial charge is 0.0108 e. The molecule has 1 aliphatic heterocycles. The highest BCUT2D eigenvalue weighted by molar-refractivity contribution is 4.83. The van der Waals surface area contributed by atoms with Gasteiger partial charge in [0.05, 0.1) is 0 Å². The minimum Gasteiger partial charge on any atom is -0.317 e. The number of nitrogens with zero attached hydrogens (tertiary/aromatic N) is 1. The molecule has 1 N–H and O–H groups in total. The largest absolute Gasteiger partial charge is 0.317 e. The van der Waals surface area contributed by atoms with Gasteiger partial charge in [-0.05, 0) is 58.2 Å². The molecular weight excluding hydrogens is 208 g/mol. The fourth-order valence-corrected chi connectivity index (χ4v) is 3.71. The van der Waals surface area contributed by atoms with E-state index in [9.17, 15) is 0 Å². The van der Waals surface area contributed by atoms with Gasteiger partial charge in [-0.3, -0.25) is 0 Å². The van der Waals surface area contributed by atoms with Crippen molar-refractivity contribution in [3.8, 4) is 0 Å². The first-order valence-electron chi connectivity index (χ1n) is 7.74. The number of nitrogens with one attached hydrogen (secondary N) is 1. The maximum Gasteiger partial charge on any atom is 0.0108 e. The molecule has 1 aliphatic carbocycles. The van der Waals surface area contributed by atoms with E-state index in [1.807, 2.05) is 0 Å². The van der Waals surface area contributed by atoms with E-state index in [-0.39, 0.29) is 0 Å². The molecule has 0 radical (unpaired) electrons. The lowest BCUT2D eigenvalue weighted by Crippen LogP contribution is -2.43. The number of rotatable bonds is 3. The molecule has 0 aromatic carbocycles. The van der Waals surface area contributed by atoms with Crippen LogP contribution >= 0.6 is 0 Å². The molecule has 0 amide bonds. The molecule has 2 heteroatoms. The van der Waals surface area contributed by atoms with Gasteiger partial charge in [0.1, 0.15) is 0 Å². The standard InChI is InChI=1S/C15H30N2/c1-3-13-6-4-7-15(12-13)17(2)14-8-5-10-16-11-9-14/h13-16H,3-12H2,1-2H3. The Hall–Kier alpha value is -0.0800. The van der Waals surface area contributed by atoms with Crippen molar-refractivity contribution >= 4 is 0 Å². The molecule has 2 nitrogen and oxygen atoms in total. The molecule has 2 rings (SSSR count). The quantitative estimate of drug-likeness (QED) is 0.813. The van der Waals surface area contributed by atoms with Crippen molar-refractivity contribution in [2.24, 2.45) is 5.92 Å². The molecule has 17 heavy (non-hydrogen) atoms.